The van der Waals surface area contributed by atoms with Gasteiger partial charge >= 0.3 is 42.6 Å². The molecule has 2 N–H and O–H groups in total. The predicted molar refractivity (Wildman–Crippen MR) is 127 cm³/mol. The largest absolute Gasteiger partial charge is 0.462 e. The number of hydrogen-bond donors (Lipinski definition) is 2. The van der Waals surface area contributed by atoms with Crippen molar-refractivity contribution in [3.05, 3.63) is 54.1 Å². The highest BCUT2D eigenvalue weighted by atomic mass is 32.2. The number of fused-ring (bicyclic) bond motifs is 1. The Morgan fingerprint density at radius 1 is 0.925 bits per heavy atom. The second kappa shape index (κ2) is 11.6. The minimum Gasteiger partial charge on any atom is -0.462 e. The van der Waals surface area contributed by atoms with Crippen LogP contribution in [-0.2, 0) is 29.8 Å². The highest BCUT2D eigenvalue weighted by Crippen LogP contribution is 2.51. The third kappa shape index (κ3) is 6.33. The lowest BCUT2D eigenvalue weighted by molar-refractivity contribution is -0.247. The first-order valence-electron chi connectivity index (χ1n) is 10.9. The first-order chi connectivity index (χ1) is 18.2. The van der Waals surface area contributed by atoms with Crippen molar-refractivity contribution in [2.45, 2.75) is 36.2 Å². The number of esters is 1. The molecule has 0 unspecified atom stereocenters. The quantitative estimate of drug-likeness (QED) is 0.0847. The zero-order valence-electron chi connectivity index (χ0n) is 20.3. The number of carbonyl (C=O) groups excluding carboxylic acids is 2. The van der Waals surface area contributed by atoms with Gasteiger partial charge in [-0.15, -0.1) is 0 Å². The molecule has 0 bridgehead atoms. The second-order valence-corrected chi connectivity index (χ2v) is 11.2. The fourth-order valence-corrected chi connectivity index (χ4v) is 4.45. The van der Waals surface area contributed by atoms with Crippen molar-refractivity contribution in [3.63, 3.8) is 0 Å². The number of benzene rings is 2. The monoisotopic (exact) mass is 621 g/mol. The molecule has 222 valence electrons. The predicted octanol–water partition coefficient (Wildman–Crippen LogP) is 3.89. The number of hydrogen-bond acceptors (Lipinski definition) is 8. The molecule has 0 aliphatic rings. The van der Waals surface area contributed by atoms with Crippen LogP contribution in [0.3, 0.4) is 0 Å². The molecule has 2 aromatic rings. The van der Waals surface area contributed by atoms with Gasteiger partial charge in [-0.2, -0.15) is 43.2 Å². The molecule has 0 fully saturated rings. The van der Waals surface area contributed by atoms with E-state index in [0.717, 1.165) is 12.1 Å². The summed E-state index contributed by atoms with van der Waals surface area (Å²) >= 11 is 0. The van der Waals surface area contributed by atoms with E-state index in [-0.39, 0.29) is 30.0 Å². The van der Waals surface area contributed by atoms with Crippen LogP contribution in [0.2, 0.25) is 0 Å². The summed E-state index contributed by atoms with van der Waals surface area (Å²) in [6.45, 7) is 5.10. The van der Waals surface area contributed by atoms with Gasteiger partial charge in [-0.25, -0.2) is 4.79 Å². The van der Waals surface area contributed by atoms with Gasteiger partial charge in [-0.1, -0.05) is 30.8 Å². The zero-order valence-corrected chi connectivity index (χ0v) is 21.9. The van der Waals surface area contributed by atoms with Crippen LogP contribution in [0.15, 0.2) is 48.6 Å². The Kier molecular flexibility index (Phi) is 9.54. The third-order valence-electron chi connectivity index (χ3n) is 5.15. The number of rotatable bonds is 13. The Balaban J connectivity index is 2.28. The molecule has 0 aliphatic carbocycles. The zero-order chi connectivity index (χ0) is 30.7. The molecule has 0 saturated heterocycles. The molecule has 0 aromatic heterocycles. The summed E-state index contributed by atoms with van der Waals surface area (Å²) in [6.07, 6.45) is 0.713. The molecular weight excluding hydrogens is 600 g/mol. The second-order valence-electron chi connectivity index (χ2n) is 8.16. The Morgan fingerprint density at radius 3 is 2.05 bits per heavy atom. The summed E-state index contributed by atoms with van der Waals surface area (Å²) in [4.78, 5) is 23.9. The average Bonchev–Trinajstić information content (AvgIpc) is 2.84. The molecule has 0 heterocycles. The number of halogens is 6. The van der Waals surface area contributed by atoms with E-state index in [2.05, 4.69) is 16.1 Å². The van der Waals surface area contributed by atoms with Crippen LogP contribution in [0.4, 0.5) is 26.3 Å². The van der Waals surface area contributed by atoms with Gasteiger partial charge in [-0.3, -0.25) is 9.35 Å². The van der Waals surface area contributed by atoms with Gasteiger partial charge < -0.3 is 14.2 Å². The Hall–Kier alpha value is -3.38. The van der Waals surface area contributed by atoms with Crippen LogP contribution in [0.25, 0.3) is 10.8 Å². The molecule has 1 amide bonds. The summed E-state index contributed by atoms with van der Waals surface area (Å²) < 4.78 is 146. The normalized spacial score (nSPS) is 13.1. The maximum atomic E-state index is 14.2. The van der Waals surface area contributed by atoms with Crippen molar-refractivity contribution in [1.29, 1.82) is 0 Å². The standard InChI is InChI=1S/C22H21F6NO9S2/c1-13(2)18(30)29-11-5-6-12-37-19(31)16-9-10-17(15-8-4-3-7-14(15)16)38-40(35,36)22(27,28)20(23,24)21(25,26)39(32,33)34/h3-4,7-10H,1,5-6,11-12H2,2H3,(H,29,30)(H,32,33,34). The number of nitrogens with one attached hydrogen (secondary N) is 1. The molecule has 0 atom stereocenters. The van der Waals surface area contributed by atoms with Crippen molar-refractivity contribution in [2.75, 3.05) is 13.2 Å². The number of unbranched alkanes of at least 4 members (excludes halogenated alkanes) is 1. The van der Waals surface area contributed by atoms with E-state index in [9.17, 15) is 52.8 Å². The fourth-order valence-electron chi connectivity index (χ4n) is 3.00. The van der Waals surface area contributed by atoms with E-state index in [4.69, 9.17) is 9.29 Å². The third-order valence-corrected chi connectivity index (χ3v) is 7.34. The smallest absolute Gasteiger partial charge is 0.450 e. The van der Waals surface area contributed by atoms with Crippen molar-refractivity contribution < 1.29 is 66.2 Å². The maximum Gasteiger partial charge on any atom is 0.450 e. The Bertz CT molecular complexity index is 1530. The van der Waals surface area contributed by atoms with Crippen molar-refractivity contribution in [3.8, 4) is 5.75 Å². The van der Waals surface area contributed by atoms with Gasteiger partial charge in [0.25, 0.3) is 0 Å². The summed E-state index contributed by atoms with van der Waals surface area (Å²) in [5.41, 5.74) is 0.0536. The maximum absolute atomic E-state index is 14.2. The minimum absolute atomic E-state index is 0.133. The minimum atomic E-state index is -7.20. The molecular formula is C22H21F6NO9S2. The van der Waals surface area contributed by atoms with Crippen LogP contribution < -0.4 is 9.50 Å². The lowest BCUT2D eigenvalue weighted by atomic mass is 10.0. The van der Waals surface area contributed by atoms with E-state index < -0.39 is 53.8 Å². The molecule has 2 aromatic carbocycles. The highest BCUT2D eigenvalue weighted by Gasteiger charge is 2.83. The number of carbonyl (C=O) groups is 2. The van der Waals surface area contributed by atoms with Gasteiger partial charge in [0.05, 0.1) is 12.2 Å². The lowest BCUT2D eigenvalue weighted by Crippen LogP contribution is -2.61. The first kappa shape index (κ1) is 32.8. The van der Waals surface area contributed by atoms with Crippen LogP contribution in [0.5, 0.6) is 5.75 Å². The molecule has 0 saturated carbocycles. The highest BCUT2D eigenvalue weighted by molar-refractivity contribution is 7.88. The summed E-state index contributed by atoms with van der Waals surface area (Å²) in [7, 11) is -14.3. The van der Waals surface area contributed by atoms with E-state index >= 15 is 0 Å². The Morgan fingerprint density at radius 2 is 1.50 bits per heavy atom. The first-order valence-corrected chi connectivity index (χ1v) is 13.7. The summed E-state index contributed by atoms with van der Waals surface area (Å²) in [5, 5.41) is -11.8. The Labute approximate surface area is 223 Å². The summed E-state index contributed by atoms with van der Waals surface area (Å²) in [5.74, 6) is -9.62. The number of alkyl halides is 6. The molecule has 0 radical (unpaired) electrons. The fraction of sp³-hybridized carbons (Fsp3) is 0.364. The van der Waals surface area contributed by atoms with Crippen LogP contribution in [0, 0.1) is 0 Å². The topological polar surface area (TPSA) is 153 Å². The van der Waals surface area contributed by atoms with E-state index in [1.165, 1.54) is 25.1 Å². The van der Waals surface area contributed by atoms with Crippen molar-refractivity contribution in [1.82, 2.24) is 5.32 Å². The van der Waals surface area contributed by atoms with E-state index in [1.54, 1.807) is 0 Å². The van der Waals surface area contributed by atoms with Crippen molar-refractivity contribution >= 4 is 42.9 Å². The number of ether oxygens (including phenoxy) is 1. The average molecular weight is 622 g/mol. The molecule has 0 aliphatic heterocycles. The van der Waals surface area contributed by atoms with Gasteiger partial charge in [0.2, 0.25) is 5.91 Å². The number of amides is 1. The molecule has 18 heteroatoms. The van der Waals surface area contributed by atoms with Crippen LogP contribution in [0.1, 0.15) is 30.1 Å². The van der Waals surface area contributed by atoms with E-state index in [0.29, 0.717) is 24.5 Å². The van der Waals surface area contributed by atoms with Gasteiger partial charge in [-0.05, 0) is 37.3 Å². The van der Waals surface area contributed by atoms with Gasteiger partial charge in [0.1, 0.15) is 0 Å². The molecule has 40 heavy (non-hydrogen) atoms. The lowest BCUT2D eigenvalue weighted by Gasteiger charge is -2.29. The molecule has 10 nitrogen and oxygen atoms in total. The molecule has 0 spiro atoms. The SMILES string of the molecule is C=C(C)C(=O)NCCCCOC(=O)c1ccc(OS(=O)(=O)C(F)(F)C(F)(F)C(F)(F)S(=O)(=O)O)c2ccccc12. The van der Waals surface area contributed by atoms with E-state index in [1.807, 2.05) is 0 Å². The van der Waals surface area contributed by atoms with Crippen LogP contribution >= 0.6 is 0 Å². The van der Waals surface area contributed by atoms with Crippen LogP contribution in [-0.4, -0.2) is 62.8 Å². The van der Waals surface area contributed by atoms with Crippen molar-refractivity contribution in [2.24, 2.45) is 0 Å². The van der Waals surface area contributed by atoms with Gasteiger partial charge in [0, 0.05) is 17.5 Å². The summed E-state index contributed by atoms with van der Waals surface area (Å²) in [6, 6.07) is 6.12. The van der Waals surface area contributed by atoms with Gasteiger partial charge in [0.15, 0.2) is 5.75 Å². The molecule has 2 rings (SSSR count).